The standard InChI is InChI=1S/C19H23N3O3S/c1-4-6-17(20-5-2)22(3)11-12-25-15-9-7-14(8-10-15)13-16-18(23)21-19(24)26-16/h4-10,16H,2,11-13H2,1,3H3,(H,21,23,24)/b6-4-,20-17+. The zero-order valence-corrected chi connectivity index (χ0v) is 15.8. The number of aliphatic imine (C=N–C) groups is 1. The number of nitrogens with zero attached hydrogens (tertiary/aromatic N) is 2. The predicted molar refractivity (Wildman–Crippen MR) is 106 cm³/mol. The average molecular weight is 373 g/mol. The van der Waals surface area contributed by atoms with Crippen molar-refractivity contribution < 1.29 is 14.3 Å². The summed E-state index contributed by atoms with van der Waals surface area (Å²) in [6, 6.07) is 7.58. The molecular formula is C19H23N3O3S. The van der Waals surface area contributed by atoms with Gasteiger partial charge in [-0.1, -0.05) is 36.5 Å². The summed E-state index contributed by atoms with van der Waals surface area (Å²) in [6.45, 7) is 6.75. The number of likely N-dealkylation sites (N-methyl/N-ethyl adjacent to an activating group) is 1. The van der Waals surface area contributed by atoms with Crippen molar-refractivity contribution in [2.75, 3.05) is 20.2 Å². The molecule has 0 saturated carbocycles. The van der Waals surface area contributed by atoms with Crippen molar-refractivity contribution in [1.82, 2.24) is 10.2 Å². The van der Waals surface area contributed by atoms with Crippen molar-refractivity contribution in [2.24, 2.45) is 4.99 Å². The second-order valence-electron chi connectivity index (χ2n) is 5.67. The van der Waals surface area contributed by atoms with Gasteiger partial charge in [-0.2, -0.15) is 0 Å². The van der Waals surface area contributed by atoms with Gasteiger partial charge < -0.3 is 9.64 Å². The molecule has 0 aliphatic carbocycles. The first-order valence-corrected chi connectivity index (χ1v) is 9.17. The van der Waals surface area contributed by atoms with E-state index in [-0.39, 0.29) is 16.4 Å². The Morgan fingerprint density at radius 3 is 2.69 bits per heavy atom. The van der Waals surface area contributed by atoms with Crippen LogP contribution in [0.1, 0.15) is 12.5 Å². The fraction of sp³-hybridized carbons (Fsp3) is 0.316. The largest absolute Gasteiger partial charge is 0.492 e. The number of allylic oxidation sites excluding steroid dienone is 1. The SMILES string of the molecule is C=C/N=C(\C=C/C)N(C)CCOc1ccc(CC2SC(=O)NC2=O)cc1. The van der Waals surface area contributed by atoms with E-state index >= 15 is 0 Å². The lowest BCUT2D eigenvalue weighted by atomic mass is 10.1. The highest BCUT2D eigenvalue weighted by molar-refractivity contribution is 8.15. The first kappa shape index (κ1) is 19.8. The van der Waals surface area contributed by atoms with Crippen LogP contribution < -0.4 is 10.1 Å². The molecule has 1 aliphatic heterocycles. The quantitative estimate of drug-likeness (QED) is 0.560. The second kappa shape index (κ2) is 9.82. The minimum Gasteiger partial charge on any atom is -0.492 e. The second-order valence-corrected chi connectivity index (χ2v) is 6.85. The summed E-state index contributed by atoms with van der Waals surface area (Å²) >= 11 is 1.04. The summed E-state index contributed by atoms with van der Waals surface area (Å²) in [5.74, 6) is 1.36. The summed E-state index contributed by atoms with van der Waals surface area (Å²) in [5.41, 5.74) is 0.991. The maximum atomic E-state index is 11.6. The van der Waals surface area contributed by atoms with E-state index < -0.39 is 0 Å². The number of rotatable bonds is 8. The highest BCUT2D eigenvalue weighted by Gasteiger charge is 2.31. The number of thioether (sulfide) groups is 1. The molecule has 1 aromatic rings. The Hall–Kier alpha value is -2.54. The Morgan fingerprint density at radius 2 is 2.12 bits per heavy atom. The van der Waals surface area contributed by atoms with Crippen LogP contribution in [0, 0.1) is 0 Å². The molecule has 7 heteroatoms. The molecule has 1 unspecified atom stereocenters. The summed E-state index contributed by atoms with van der Waals surface area (Å²) in [5, 5.41) is 1.67. The Balaban J connectivity index is 1.82. The fourth-order valence-corrected chi connectivity index (χ4v) is 3.25. The van der Waals surface area contributed by atoms with Gasteiger partial charge >= 0.3 is 0 Å². The van der Waals surface area contributed by atoms with E-state index in [2.05, 4.69) is 16.9 Å². The lowest BCUT2D eigenvalue weighted by molar-refractivity contribution is -0.118. The molecular weight excluding hydrogens is 350 g/mol. The molecule has 0 aromatic heterocycles. The number of carbonyl (C=O) groups is 2. The monoisotopic (exact) mass is 373 g/mol. The lowest BCUT2D eigenvalue weighted by Crippen LogP contribution is -2.29. The van der Waals surface area contributed by atoms with Gasteiger partial charge in [-0.15, -0.1) is 0 Å². The van der Waals surface area contributed by atoms with E-state index in [9.17, 15) is 9.59 Å². The van der Waals surface area contributed by atoms with E-state index in [1.807, 2.05) is 55.3 Å². The third-order valence-electron chi connectivity index (χ3n) is 3.74. The zero-order valence-electron chi connectivity index (χ0n) is 15.0. The topological polar surface area (TPSA) is 71.0 Å². The molecule has 26 heavy (non-hydrogen) atoms. The molecule has 2 amide bonds. The molecule has 1 aromatic carbocycles. The highest BCUT2D eigenvalue weighted by Crippen LogP contribution is 2.23. The number of ether oxygens (including phenoxy) is 1. The van der Waals surface area contributed by atoms with Crippen molar-refractivity contribution in [3.8, 4) is 5.75 Å². The van der Waals surface area contributed by atoms with Crippen LogP contribution in [0.3, 0.4) is 0 Å². The van der Waals surface area contributed by atoms with E-state index in [4.69, 9.17) is 4.74 Å². The maximum absolute atomic E-state index is 11.6. The Bertz CT molecular complexity index is 713. The van der Waals surface area contributed by atoms with Gasteiger partial charge in [0.25, 0.3) is 5.24 Å². The first-order chi connectivity index (χ1) is 12.5. The van der Waals surface area contributed by atoms with Crippen LogP contribution in [0.25, 0.3) is 0 Å². The van der Waals surface area contributed by atoms with Crippen LogP contribution in [0.4, 0.5) is 4.79 Å². The van der Waals surface area contributed by atoms with Gasteiger partial charge in [0.1, 0.15) is 18.2 Å². The molecule has 1 heterocycles. The third-order valence-corrected chi connectivity index (χ3v) is 4.72. The van der Waals surface area contributed by atoms with Crippen molar-refractivity contribution in [1.29, 1.82) is 0 Å². The lowest BCUT2D eigenvalue weighted by Gasteiger charge is -2.19. The van der Waals surface area contributed by atoms with Crippen molar-refractivity contribution in [3.63, 3.8) is 0 Å². The minimum absolute atomic E-state index is 0.221. The van der Waals surface area contributed by atoms with Gasteiger partial charge in [-0.25, -0.2) is 4.99 Å². The number of carbonyl (C=O) groups excluding carboxylic acids is 2. The van der Waals surface area contributed by atoms with Gasteiger partial charge in [0.15, 0.2) is 0 Å². The van der Waals surface area contributed by atoms with Crippen LogP contribution in [0.15, 0.2) is 54.2 Å². The van der Waals surface area contributed by atoms with Crippen LogP contribution in [-0.4, -0.2) is 47.3 Å². The molecule has 1 N–H and O–H groups in total. The van der Waals surface area contributed by atoms with Gasteiger partial charge in [0.2, 0.25) is 5.91 Å². The average Bonchev–Trinajstić information content (AvgIpc) is 2.93. The Morgan fingerprint density at radius 1 is 1.38 bits per heavy atom. The summed E-state index contributed by atoms with van der Waals surface area (Å²) in [4.78, 5) is 29.0. The molecule has 138 valence electrons. The van der Waals surface area contributed by atoms with Gasteiger partial charge in [0, 0.05) is 13.2 Å². The summed E-state index contributed by atoms with van der Waals surface area (Å²) < 4.78 is 5.76. The number of amidine groups is 1. The predicted octanol–water partition coefficient (Wildman–Crippen LogP) is 3.01. The van der Waals surface area contributed by atoms with E-state index in [0.717, 1.165) is 28.9 Å². The van der Waals surface area contributed by atoms with Gasteiger partial charge in [-0.3, -0.25) is 14.9 Å². The molecule has 0 bridgehead atoms. The smallest absolute Gasteiger partial charge is 0.286 e. The van der Waals surface area contributed by atoms with Crippen LogP contribution in [0.2, 0.25) is 0 Å². The normalized spacial score (nSPS) is 17.5. The minimum atomic E-state index is -0.350. The van der Waals surface area contributed by atoms with Crippen molar-refractivity contribution in [3.05, 3.63) is 54.8 Å². The molecule has 1 fully saturated rings. The zero-order chi connectivity index (χ0) is 18.9. The van der Waals surface area contributed by atoms with Crippen molar-refractivity contribution >= 4 is 28.7 Å². The number of amides is 2. The van der Waals surface area contributed by atoms with E-state index in [1.165, 1.54) is 6.20 Å². The van der Waals surface area contributed by atoms with Crippen LogP contribution in [-0.2, 0) is 11.2 Å². The van der Waals surface area contributed by atoms with Crippen LogP contribution in [0.5, 0.6) is 5.75 Å². The first-order valence-electron chi connectivity index (χ1n) is 8.29. The molecule has 6 nitrogen and oxygen atoms in total. The van der Waals surface area contributed by atoms with Crippen LogP contribution >= 0.6 is 11.8 Å². The molecule has 1 atom stereocenters. The third kappa shape index (κ3) is 5.77. The van der Waals surface area contributed by atoms with Gasteiger partial charge in [-0.05, 0) is 37.1 Å². The number of hydrogen-bond acceptors (Lipinski definition) is 5. The number of hydrogen-bond donors (Lipinski definition) is 1. The molecule has 0 spiro atoms. The number of imide groups is 1. The Kier molecular flexibility index (Phi) is 7.47. The molecule has 1 saturated heterocycles. The molecule has 2 rings (SSSR count). The highest BCUT2D eigenvalue weighted by atomic mass is 32.2. The maximum Gasteiger partial charge on any atom is 0.286 e. The summed E-state index contributed by atoms with van der Waals surface area (Å²) in [7, 11) is 1.94. The van der Waals surface area contributed by atoms with E-state index in [1.54, 1.807) is 0 Å². The Labute approximate surface area is 158 Å². The molecule has 1 aliphatic rings. The number of nitrogens with one attached hydrogen (secondary N) is 1. The fourth-order valence-electron chi connectivity index (χ4n) is 2.39. The molecule has 0 radical (unpaired) electrons. The van der Waals surface area contributed by atoms with E-state index in [0.29, 0.717) is 19.6 Å². The summed E-state index contributed by atoms with van der Waals surface area (Å²) in [6.07, 6.45) is 5.88. The number of benzene rings is 1. The van der Waals surface area contributed by atoms with Crippen molar-refractivity contribution in [2.45, 2.75) is 18.6 Å². The van der Waals surface area contributed by atoms with Gasteiger partial charge in [0.05, 0.1) is 11.8 Å².